The number of hydrogen-bond acceptors (Lipinski definition) is 8. The molecular formula is C20H22F2N4O5S. The fraction of sp³-hybridized carbons (Fsp3) is 0.400. The number of methoxy groups -OCH3 is 1. The molecule has 32 heavy (non-hydrogen) atoms. The molecule has 0 unspecified atom stereocenters. The summed E-state index contributed by atoms with van der Waals surface area (Å²) in [5.74, 6) is -1.69. The zero-order chi connectivity index (χ0) is 23.1. The van der Waals surface area contributed by atoms with E-state index in [0.717, 1.165) is 22.9 Å². The first-order valence-electron chi connectivity index (χ1n) is 9.68. The second-order valence-electron chi connectivity index (χ2n) is 7.59. The second kappa shape index (κ2) is 8.26. The largest absolute Gasteiger partial charge is 0.436 e. The third-order valence-electron chi connectivity index (χ3n) is 5.68. The van der Waals surface area contributed by atoms with Crippen LogP contribution in [0.4, 0.5) is 8.78 Å². The first-order chi connectivity index (χ1) is 15.2. The highest BCUT2D eigenvalue weighted by atomic mass is 32.2. The molecule has 3 heterocycles. The fourth-order valence-electron chi connectivity index (χ4n) is 4.04. The van der Waals surface area contributed by atoms with Crippen molar-refractivity contribution in [2.75, 3.05) is 27.4 Å². The average molecular weight is 468 g/mol. The summed E-state index contributed by atoms with van der Waals surface area (Å²) >= 11 is 0. The Labute approximate surface area is 184 Å². The summed E-state index contributed by atoms with van der Waals surface area (Å²) in [7, 11) is -1.05. The molecule has 0 bridgehead atoms. The van der Waals surface area contributed by atoms with Gasteiger partial charge in [0.2, 0.25) is 15.8 Å². The van der Waals surface area contributed by atoms with E-state index in [1.54, 1.807) is 0 Å². The molecule has 172 valence electrons. The number of ether oxygens (including phenoxy) is 3. The Morgan fingerprint density at radius 2 is 2.16 bits per heavy atom. The van der Waals surface area contributed by atoms with Crippen LogP contribution in [0.1, 0.15) is 12.0 Å². The van der Waals surface area contributed by atoms with Crippen molar-refractivity contribution in [2.24, 2.45) is 0 Å². The normalized spacial score (nSPS) is 26.9. The number of fused-ring (bicyclic) bond motifs is 1. The van der Waals surface area contributed by atoms with Crippen LogP contribution in [0.25, 0.3) is 0 Å². The van der Waals surface area contributed by atoms with Gasteiger partial charge in [-0.25, -0.2) is 17.8 Å². The maximum Gasteiger partial charge on any atom is 0.259 e. The first-order valence-corrected chi connectivity index (χ1v) is 11.2. The van der Waals surface area contributed by atoms with E-state index >= 15 is 4.39 Å². The van der Waals surface area contributed by atoms with Crippen molar-refractivity contribution in [2.45, 2.75) is 23.3 Å². The van der Waals surface area contributed by atoms with E-state index in [0.29, 0.717) is 0 Å². The third-order valence-corrected chi connectivity index (χ3v) is 7.98. The highest BCUT2D eigenvalue weighted by molar-refractivity contribution is 7.90. The lowest BCUT2D eigenvalue weighted by atomic mass is 9.82. The van der Waals surface area contributed by atoms with Crippen LogP contribution in [0.15, 0.2) is 43.1 Å². The quantitative estimate of drug-likeness (QED) is 0.710. The van der Waals surface area contributed by atoms with E-state index in [1.165, 1.54) is 26.3 Å². The molecule has 0 aliphatic carbocycles. The predicted molar refractivity (Wildman–Crippen MR) is 109 cm³/mol. The van der Waals surface area contributed by atoms with Gasteiger partial charge in [0.25, 0.3) is 5.88 Å². The number of sulfonamides is 1. The predicted octanol–water partition coefficient (Wildman–Crippen LogP) is 1.88. The number of benzene rings is 1. The molecule has 2 aliphatic heterocycles. The molecule has 2 fully saturated rings. The Morgan fingerprint density at radius 1 is 1.38 bits per heavy atom. The van der Waals surface area contributed by atoms with Gasteiger partial charge < -0.3 is 19.5 Å². The topological polar surface area (TPSA) is 103 Å². The molecule has 9 nitrogen and oxygen atoms in total. The summed E-state index contributed by atoms with van der Waals surface area (Å²) < 4.78 is 73.2. The third kappa shape index (κ3) is 3.67. The highest BCUT2D eigenvalue weighted by Crippen LogP contribution is 2.44. The van der Waals surface area contributed by atoms with E-state index in [4.69, 9.17) is 14.2 Å². The first kappa shape index (κ1) is 22.4. The molecular weight excluding hydrogens is 446 g/mol. The number of rotatable bonds is 5. The molecule has 0 saturated carbocycles. The van der Waals surface area contributed by atoms with Crippen molar-refractivity contribution >= 4 is 10.0 Å². The van der Waals surface area contributed by atoms with Crippen LogP contribution in [-0.2, 0) is 25.0 Å². The van der Waals surface area contributed by atoms with Crippen molar-refractivity contribution in [3.63, 3.8) is 0 Å². The molecule has 2 saturated heterocycles. The van der Waals surface area contributed by atoms with Gasteiger partial charge in [-0.2, -0.15) is 9.37 Å². The minimum absolute atomic E-state index is 0.0110. The van der Waals surface area contributed by atoms with Gasteiger partial charge in [0, 0.05) is 19.7 Å². The van der Waals surface area contributed by atoms with Crippen LogP contribution in [0, 0.1) is 11.6 Å². The van der Waals surface area contributed by atoms with Crippen LogP contribution >= 0.6 is 0 Å². The Bertz CT molecular complexity index is 1150. The van der Waals surface area contributed by atoms with Gasteiger partial charge in [-0.15, -0.1) is 0 Å². The second-order valence-corrected chi connectivity index (χ2v) is 9.73. The van der Waals surface area contributed by atoms with Gasteiger partial charge in [0.1, 0.15) is 34.5 Å². The van der Waals surface area contributed by atoms with E-state index < -0.39 is 38.6 Å². The number of nitrogens with one attached hydrogen (secondary N) is 1. The van der Waals surface area contributed by atoms with Gasteiger partial charge in [0.15, 0.2) is 0 Å². The molecule has 0 amide bonds. The monoisotopic (exact) mass is 468 g/mol. The average Bonchev–Trinajstić information content (AvgIpc) is 2.76. The van der Waals surface area contributed by atoms with E-state index in [2.05, 4.69) is 21.9 Å². The summed E-state index contributed by atoms with van der Waals surface area (Å²) in [6.45, 7) is 3.79. The summed E-state index contributed by atoms with van der Waals surface area (Å²) in [4.78, 5) is 7.27. The number of halogens is 2. The lowest BCUT2D eigenvalue weighted by molar-refractivity contribution is -0.0714. The van der Waals surface area contributed by atoms with Crippen molar-refractivity contribution in [3.8, 4) is 11.6 Å². The van der Waals surface area contributed by atoms with Crippen molar-refractivity contribution in [3.05, 3.63) is 60.3 Å². The summed E-state index contributed by atoms with van der Waals surface area (Å²) in [5, 5.41) is 1.97. The molecule has 3 atom stereocenters. The molecule has 0 radical (unpaired) electrons. The van der Waals surface area contributed by atoms with Gasteiger partial charge in [-0.05, 0) is 24.6 Å². The minimum atomic E-state index is -3.92. The molecule has 1 aromatic carbocycles. The Balaban J connectivity index is 1.80. The van der Waals surface area contributed by atoms with Gasteiger partial charge in [-0.1, -0.05) is 6.58 Å². The van der Waals surface area contributed by atoms with Gasteiger partial charge in [0.05, 0.1) is 25.5 Å². The van der Waals surface area contributed by atoms with Crippen molar-refractivity contribution in [1.29, 1.82) is 0 Å². The van der Waals surface area contributed by atoms with Crippen LogP contribution in [0.3, 0.4) is 0 Å². The van der Waals surface area contributed by atoms with Gasteiger partial charge in [-0.3, -0.25) is 4.31 Å². The fourth-order valence-corrected chi connectivity index (χ4v) is 6.00. The summed E-state index contributed by atoms with van der Waals surface area (Å²) in [6.07, 6.45) is 1.61. The van der Waals surface area contributed by atoms with Gasteiger partial charge >= 0.3 is 0 Å². The minimum Gasteiger partial charge on any atom is -0.436 e. The number of hydrogen-bond donors (Lipinski definition) is 1. The van der Waals surface area contributed by atoms with Crippen molar-refractivity contribution < 1.29 is 31.4 Å². The molecule has 12 heteroatoms. The Hall–Kier alpha value is -2.83. The lowest BCUT2D eigenvalue weighted by Crippen LogP contribution is -2.68. The Morgan fingerprint density at radius 3 is 2.88 bits per heavy atom. The van der Waals surface area contributed by atoms with Crippen LogP contribution < -0.4 is 10.1 Å². The van der Waals surface area contributed by atoms with E-state index in [9.17, 15) is 12.8 Å². The molecule has 2 aromatic rings. The van der Waals surface area contributed by atoms with Crippen LogP contribution in [0.2, 0.25) is 0 Å². The highest BCUT2D eigenvalue weighted by Gasteiger charge is 2.58. The molecule has 4 rings (SSSR count). The van der Waals surface area contributed by atoms with Crippen LogP contribution in [-0.4, -0.2) is 61.4 Å². The zero-order valence-corrected chi connectivity index (χ0v) is 18.2. The van der Waals surface area contributed by atoms with Crippen LogP contribution in [0.5, 0.6) is 11.6 Å². The maximum absolute atomic E-state index is 15.1. The molecule has 2 aliphatic rings. The molecule has 1 N–H and O–H groups in total. The summed E-state index contributed by atoms with van der Waals surface area (Å²) in [5.41, 5.74) is -1.50. The molecule has 1 aromatic heterocycles. The van der Waals surface area contributed by atoms with Crippen molar-refractivity contribution in [1.82, 2.24) is 19.6 Å². The molecule has 0 spiro atoms. The Kier molecular flexibility index (Phi) is 5.77. The number of nitrogens with zero attached hydrogens (tertiary/aromatic N) is 3. The number of aromatic nitrogens is 2. The standard InChI is InChI=1S/C20H22F2N4O5S/c1-12-25-20(10-30-14(9-29-3)7-18(20)32(27,28)26(12)2)15-6-13(4-5-16(15)21)31-19-17(22)8-23-11-24-19/h4-6,8,11,14,18,25H,1,7,9-10H2,2-3H3/t14-,18-,20-/m1/s1. The van der Waals surface area contributed by atoms with E-state index in [1.807, 2.05) is 0 Å². The zero-order valence-electron chi connectivity index (χ0n) is 17.4. The SMILES string of the molecule is C=C1N[C@@]2(c3cc(Oc4ncncc4F)ccc3F)CO[C@@H](COC)C[C@H]2S(=O)(=O)N1C. The van der Waals surface area contributed by atoms with E-state index in [-0.39, 0.29) is 42.6 Å². The smallest absolute Gasteiger partial charge is 0.259 e. The maximum atomic E-state index is 15.1. The summed E-state index contributed by atoms with van der Waals surface area (Å²) in [6, 6.07) is 3.72. The lowest BCUT2D eigenvalue weighted by Gasteiger charge is -2.52.